The molecular formula is C16H19NO. The summed E-state index contributed by atoms with van der Waals surface area (Å²) in [7, 11) is 0. The standard InChI is InChI=1S/C16H19NO/c1-2-13-7-9-16(10-8-13)17-11-14-3-5-15(12-18)6-4-14/h3-10,17-18H,2,11-12H2,1H3. The van der Waals surface area contributed by atoms with Gasteiger partial charge in [0, 0.05) is 12.2 Å². The Morgan fingerprint density at radius 1 is 0.833 bits per heavy atom. The fraction of sp³-hybridized carbons (Fsp3) is 0.250. The fourth-order valence-electron chi connectivity index (χ4n) is 1.82. The lowest BCUT2D eigenvalue weighted by molar-refractivity contribution is 0.282. The minimum atomic E-state index is 0.103. The molecule has 0 heterocycles. The van der Waals surface area contributed by atoms with Crippen LogP contribution >= 0.6 is 0 Å². The molecule has 2 aromatic rings. The summed E-state index contributed by atoms with van der Waals surface area (Å²) in [4.78, 5) is 0. The number of aryl methyl sites for hydroxylation is 1. The molecule has 2 aromatic carbocycles. The molecule has 0 amide bonds. The largest absolute Gasteiger partial charge is 0.392 e. The van der Waals surface area contributed by atoms with Gasteiger partial charge in [-0.3, -0.25) is 0 Å². The summed E-state index contributed by atoms with van der Waals surface area (Å²) in [6.07, 6.45) is 1.07. The van der Waals surface area contributed by atoms with Crippen LogP contribution in [0.2, 0.25) is 0 Å². The zero-order valence-corrected chi connectivity index (χ0v) is 10.7. The van der Waals surface area contributed by atoms with Crippen LogP contribution in [0.1, 0.15) is 23.6 Å². The van der Waals surface area contributed by atoms with E-state index >= 15 is 0 Å². The Kier molecular flexibility index (Phi) is 4.37. The van der Waals surface area contributed by atoms with Crippen LogP contribution in [0.3, 0.4) is 0 Å². The van der Waals surface area contributed by atoms with Crippen molar-refractivity contribution in [2.75, 3.05) is 5.32 Å². The van der Waals surface area contributed by atoms with Gasteiger partial charge in [-0.05, 0) is 35.2 Å². The van der Waals surface area contributed by atoms with Gasteiger partial charge >= 0.3 is 0 Å². The molecule has 0 aliphatic carbocycles. The van der Waals surface area contributed by atoms with Crippen molar-refractivity contribution in [2.45, 2.75) is 26.5 Å². The third kappa shape index (κ3) is 3.34. The Labute approximate surface area is 108 Å². The average Bonchev–Trinajstić information content (AvgIpc) is 2.46. The van der Waals surface area contributed by atoms with Crippen LogP contribution in [0.15, 0.2) is 48.5 Å². The molecule has 0 aliphatic rings. The van der Waals surface area contributed by atoms with Crippen molar-refractivity contribution in [2.24, 2.45) is 0 Å². The molecule has 0 radical (unpaired) electrons. The first-order valence-electron chi connectivity index (χ1n) is 6.33. The highest BCUT2D eigenvalue weighted by Crippen LogP contribution is 2.12. The van der Waals surface area contributed by atoms with E-state index in [1.54, 1.807) is 0 Å². The van der Waals surface area contributed by atoms with E-state index in [4.69, 9.17) is 5.11 Å². The third-order valence-electron chi connectivity index (χ3n) is 3.06. The van der Waals surface area contributed by atoms with Crippen LogP contribution in [0, 0.1) is 0 Å². The molecule has 0 saturated heterocycles. The maximum absolute atomic E-state index is 8.97. The number of benzene rings is 2. The van der Waals surface area contributed by atoms with Crippen molar-refractivity contribution in [3.63, 3.8) is 0 Å². The number of anilines is 1. The minimum absolute atomic E-state index is 0.103. The number of nitrogens with one attached hydrogen (secondary N) is 1. The van der Waals surface area contributed by atoms with Crippen molar-refractivity contribution >= 4 is 5.69 Å². The van der Waals surface area contributed by atoms with Crippen LogP contribution in [0.4, 0.5) is 5.69 Å². The van der Waals surface area contributed by atoms with Gasteiger partial charge in [-0.15, -0.1) is 0 Å². The Morgan fingerprint density at radius 2 is 1.39 bits per heavy atom. The van der Waals surface area contributed by atoms with Crippen LogP contribution < -0.4 is 5.32 Å². The monoisotopic (exact) mass is 241 g/mol. The van der Waals surface area contributed by atoms with E-state index in [1.165, 1.54) is 11.1 Å². The smallest absolute Gasteiger partial charge is 0.0681 e. The highest BCUT2D eigenvalue weighted by molar-refractivity contribution is 5.45. The Bertz CT molecular complexity index is 426. The lowest BCUT2D eigenvalue weighted by atomic mass is 10.1. The molecule has 0 bridgehead atoms. The van der Waals surface area contributed by atoms with Crippen molar-refractivity contribution in [3.8, 4) is 0 Å². The summed E-state index contributed by atoms with van der Waals surface area (Å²) < 4.78 is 0. The third-order valence-corrected chi connectivity index (χ3v) is 3.06. The topological polar surface area (TPSA) is 32.3 Å². The number of aliphatic hydroxyl groups excluding tert-OH is 1. The van der Waals surface area contributed by atoms with Crippen molar-refractivity contribution < 1.29 is 5.11 Å². The van der Waals surface area contributed by atoms with E-state index < -0.39 is 0 Å². The molecule has 2 heteroatoms. The molecule has 0 spiro atoms. The predicted octanol–water partition coefficient (Wildman–Crippen LogP) is 3.35. The number of hydrogen-bond donors (Lipinski definition) is 2. The number of rotatable bonds is 5. The second kappa shape index (κ2) is 6.22. The van der Waals surface area contributed by atoms with Crippen LogP contribution in [-0.2, 0) is 19.6 Å². The van der Waals surface area contributed by atoms with Gasteiger partial charge in [0.05, 0.1) is 6.61 Å². The van der Waals surface area contributed by atoms with E-state index in [0.29, 0.717) is 0 Å². The molecule has 18 heavy (non-hydrogen) atoms. The highest BCUT2D eigenvalue weighted by atomic mass is 16.3. The number of hydrogen-bond acceptors (Lipinski definition) is 2. The molecule has 2 N–H and O–H groups in total. The first kappa shape index (κ1) is 12.7. The zero-order chi connectivity index (χ0) is 12.8. The highest BCUT2D eigenvalue weighted by Gasteiger charge is 1.95. The van der Waals surface area contributed by atoms with Gasteiger partial charge in [0.15, 0.2) is 0 Å². The summed E-state index contributed by atoms with van der Waals surface area (Å²) in [5.74, 6) is 0. The SMILES string of the molecule is CCc1ccc(NCc2ccc(CO)cc2)cc1. The van der Waals surface area contributed by atoms with E-state index in [-0.39, 0.29) is 6.61 Å². The van der Waals surface area contributed by atoms with Crippen LogP contribution in [-0.4, -0.2) is 5.11 Å². The van der Waals surface area contributed by atoms with Gasteiger partial charge in [0.25, 0.3) is 0 Å². The van der Waals surface area contributed by atoms with E-state index in [2.05, 4.69) is 36.5 Å². The molecule has 0 aromatic heterocycles. The summed E-state index contributed by atoms with van der Waals surface area (Å²) >= 11 is 0. The Hall–Kier alpha value is -1.80. The maximum Gasteiger partial charge on any atom is 0.0681 e. The van der Waals surface area contributed by atoms with Gasteiger partial charge in [-0.1, -0.05) is 43.3 Å². The van der Waals surface area contributed by atoms with Crippen LogP contribution in [0.25, 0.3) is 0 Å². The average molecular weight is 241 g/mol. The summed E-state index contributed by atoms with van der Waals surface area (Å²) in [5.41, 5.74) is 4.66. The second-order valence-corrected chi connectivity index (χ2v) is 4.38. The summed E-state index contributed by atoms with van der Waals surface area (Å²) in [6.45, 7) is 3.06. The van der Waals surface area contributed by atoms with E-state index in [0.717, 1.165) is 24.2 Å². The quantitative estimate of drug-likeness (QED) is 0.841. The van der Waals surface area contributed by atoms with Crippen LogP contribution in [0.5, 0.6) is 0 Å². The minimum Gasteiger partial charge on any atom is -0.392 e. The Morgan fingerprint density at radius 3 is 1.94 bits per heavy atom. The molecule has 0 unspecified atom stereocenters. The number of aliphatic hydroxyl groups is 1. The lowest BCUT2D eigenvalue weighted by Crippen LogP contribution is -1.99. The molecule has 2 nitrogen and oxygen atoms in total. The molecular weight excluding hydrogens is 222 g/mol. The molecule has 2 rings (SSSR count). The van der Waals surface area contributed by atoms with E-state index in [9.17, 15) is 0 Å². The molecule has 94 valence electrons. The molecule has 0 aliphatic heterocycles. The molecule has 0 fully saturated rings. The maximum atomic E-state index is 8.97. The van der Waals surface area contributed by atoms with E-state index in [1.807, 2.05) is 24.3 Å². The van der Waals surface area contributed by atoms with Gasteiger partial charge in [-0.25, -0.2) is 0 Å². The molecule has 0 atom stereocenters. The predicted molar refractivity (Wildman–Crippen MR) is 75.5 cm³/mol. The van der Waals surface area contributed by atoms with Gasteiger partial charge in [0.1, 0.15) is 0 Å². The van der Waals surface area contributed by atoms with Crippen molar-refractivity contribution in [3.05, 3.63) is 65.2 Å². The fourth-order valence-corrected chi connectivity index (χ4v) is 1.82. The lowest BCUT2D eigenvalue weighted by Gasteiger charge is -2.07. The Balaban J connectivity index is 1.93. The first-order chi connectivity index (χ1) is 8.81. The second-order valence-electron chi connectivity index (χ2n) is 4.38. The molecule has 0 saturated carbocycles. The van der Waals surface area contributed by atoms with Crippen molar-refractivity contribution in [1.82, 2.24) is 0 Å². The summed E-state index contributed by atoms with van der Waals surface area (Å²) in [6, 6.07) is 16.5. The van der Waals surface area contributed by atoms with Gasteiger partial charge < -0.3 is 10.4 Å². The first-order valence-corrected chi connectivity index (χ1v) is 6.33. The van der Waals surface area contributed by atoms with Gasteiger partial charge in [-0.2, -0.15) is 0 Å². The van der Waals surface area contributed by atoms with Crippen molar-refractivity contribution in [1.29, 1.82) is 0 Å². The summed E-state index contributed by atoms with van der Waals surface area (Å²) in [5, 5.41) is 12.4. The normalized spacial score (nSPS) is 10.3. The van der Waals surface area contributed by atoms with Gasteiger partial charge in [0.2, 0.25) is 0 Å². The zero-order valence-electron chi connectivity index (χ0n) is 10.7.